The van der Waals surface area contributed by atoms with Crippen molar-refractivity contribution >= 4 is 39.1 Å². The third-order valence-electron chi connectivity index (χ3n) is 3.60. The monoisotopic (exact) mass is 437 g/mol. The lowest BCUT2D eigenvalue weighted by atomic mass is 10.1. The van der Waals surface area contributed by atoms with Gasteiger partial charge in [-0.2, -0.15) is 0 Å². The highest BCUT2D eigenvalue weighted by molar-refractivity contribution is 8.93. The molecule has 0 spiro atoms. The predicted molar refractivity (Wildman–Crippen MR) is 106 cm³/mol. The van der Waals surface area contributed by atoms with E-state index in [4.69, 9.17) is 0 Å². The minimum atomic E-state index is -0.746. The number of nitro benzene ring substituents is 1. The van der Waals surface area contributed by atoms with Gasteiger partial charge < -0.3 is 15.5 Å². The van der Waals surface area contributed by atoms with Gasteiger partial charge in [0.05, 0.1) is 10.6 Å². The van der Waals surface area contributed by atoms with Crippen molar-refractivity contribution < 1.29 is 15.1 Å². The lowest BCUT2D eigenvalue weighted by Crippen LogP contribution is -2.04. The van der Waals surface area contributed by atoms with Crippen LogP contribution in [0.4, 0.5) is 10.8 Å². The van der Waals surface area contributed by atoms with Crippen molar-refractivity contribution in [3.05, 3.63) is 63.5 Å². The van der Waals surface area contributed by atoms with Gasteiger partial charge in [0.15, 0.2) is 10.9 Å². The first-order valence-electron chi connectivity index (χ1n) is 7.48. The second-order valence-electron chi connectivity index (χ2n) is 5.32. The second kappa shape index (κ2) is 8.63. The number of rotatable bonds is 6. The summed E-state index contributed by atoms with van der Waals surface area (Å²) in [4.78, 5) is 14.6. The molecule has 1 heterocycles. The Bertz CT molecular complexity index is 902. The Hall–Kier alpha value is -2.65. The van der Waals surface area contributed by atoms with Gasteiger partial charge in [0, 0.05) is 23.6 Å². The van der Waals surface area contributed by atoms with Gasteiger partial charge in [-0.05, 0) is 18.1 Å². The van der Waals surface area contributed by atoms with E-state index in [1.807, 2.05) is 30.3 Å². The summed E-state index contributed by atoms with van der Waals surface area (Å²) in [6.45, 7) is 0.706. The molecular formula is C17H16BrN3O4S. The van der Waals surface area contributed by atoms with Crippen molar-refractivity contribution in [2.45, 2.75) is 6.42 Å². The summed E-state index contributed by atoms with van der Waals surface area (Å²) in [7, 11) is 0. The lowest BCUT2D eigenvalue weighted by molar-refractivity contribution is -0.385. The number of benzene rings is 2. The largest absolute Gasteiger partial charge is 0.504 e. The van der Waals surface area contributed by atoms with Crippen molar-refractivity contribution in [3.63, 3.8) is 0 Å². The molecule has 7 nitrogen and oxygen atoms in total. The van der Waals surface area contributed by atoms with Crippen LogP contribution in [0, 0.1) is 10.1 Å². The molecule has 0 aliphatic carbocycles. The molecule has 1 aromatic heterocycles. The highest BCUT2D eigenvalue weighted by Crippen LogP contribution is 2.39. The Balaban J connectivity index is 0.00000243. The normalized spacial score (nSPS) is 10.2. The van der Waals surface area contributed by atoms with E-state index in [1.54, 1.807) is 5.38 Å². The van der Waals surface area contributed by atoms with Crippen LogP contribution < -0.4 is 5.32 Å². The van der Waals surface area contributed by atoms with Crippen molar-refractivity contribution in [2.75, 3.05) is 11.9 Å². The van der Waals surface area contributed by atoms with Crippen molar-refractivity contribution in [1.29, 1.82) is 0 Å². The predicted octanol–water partition coefficient (Wildman–Crippen LogP) is 4.36. The minimum Gasteiger partial charge on any atom is -0.504 e. The molecule has 0 aliphatic rings. The number of hydrogen-bond acceptors (Lipinski definition) is 7. The van der Waals surface area contributed by atoms with Crippen LogP contribution in [0.1, 0.15) is 5.56 Å². The van der Waals surface area contributed by atoms with Gasteiger partial charge in [-0.1, -0.05) is 30.3 Å². The fraction of sp³-hybridized carbons (Fsp3) is 0.118. The number of phenolic OH excluding ortho intramolecular Hbond substituents is 2. The summed E-state index contributed by atoms with van der Waals surface area (Å²) >= 11 is 1.37. The molecule has 26 heavy (non-hydrogen) atoms. The zero-order valence-electron chi connectivity index (χ0n) is 13.5. The van der Waals surface area contributed by atoms with Crippen LogP contribution in [0.3, 0.4) is 0 Å². The second-order valence-corrected chi connectivity index (χ2v) is 6.18. The van der Waals surface area contributed by atoms with Crippen molar-refractivity contribution in [1.82, 2.24) is 4.98 Å². The quantitative estimate of drug-likeness (QED) is 0.300. The molecule has 0 fully saturated rings. The van der Waals surface area contributed by atoms with Crippen molar-refractivity contribution in [2.24, 2.45) is 0 Å². The fourth-order valence-electron chi connectivity index (χ4n) is 2.34. The van der Waals surface area contributed by atoms with E-state index in [1.165, 1.54) is 29.0 Å². The SMILES string of the molecule is Br.O=[N+]([O-])c1cc(-c2csc(NCCc3ccccc3)n2)cc(O)c1O. The van der Waals surface area contributed by atoms with E-state index < -0.39 is 22.1 Å². The molecule has 0 aliphatic heterocycles. The summed E-state index contributed by atoms with van der Waals surface area (Å²) in [5, 5.41) is 35.8. The third kappa shape index (κ3) is 4.50. The van der Waals surface area contributed by atoms with Gasteiger partial charge in [-0.15, -0.1) is 28.3 Å². The molecule has 3 rings (SSSR count). The number of nitrogens with one attached hydrogen (secondary N) is 1. The number of halogens is 1. The van der Waals surface area contributed by atoms with E-state index in [9.17, 15) is 20.3 Å². The van der Waals surface area contributed by atoms with Gasteiger partial charge >= 0.3 is 5.69 Å². The Kier molecular flexibility index (Phi) is 6.53. The summed E-state index contributed by atoms with van der Waals surface area (Å²) in [6, 6.07) is 12.5. The van der Waals surface area contributed by atoms with E-state index in [0.29, 0.717) is 22.9 Å². The van der Waals surface area contributed by atoms with Gasteiger partial charge in [0.1, 0.15) is 0 Å². The van der Waals surface area contributed by atoms with Crippen LogP contribution in [0.5, 0.6) is 11.5 Å². The molecular weight excluding hydrogens is 422 g/mol. The molecule has 0 unspecified atom stereocenters. The first-order valence-corrected chi connectivity index (χ1v) is 8.36. The van der Waals surface area contributed by atoms with Crippen LogP contribution >= 0.6 is 28.3 Å². The van der Waals surface area contributed by atoms with Gasteiger partial charge in [-0.25, -0.2) is 4.98 Å². The topological polar surface area (TPSA) is 109 Å². The van der Waals surface area contributed by atoms with Crippen molar-refractivity contribution in [3.8, 4) is 22.8 Å². The molecule has 0 saturated heterocycles. The summed E-state index contributed by atoms with van der Waals surface area (Å²) in [6.07, 6.45) is 0.848. The van der Waals surface area contributed by atoms with E-state index in [2.05, 4.69) is 10.3 Å². The fourth-order valence-corrected chi connectivity index (χ4v) is 3.09. The Morgan fingerprint density at radius 2 is 1.92 bits per heavy atom. The summed E-state index contributed by atoms with van der Waals surface area (Å²) in [5.41, 5.74) is 1.52. The van der Waals surface area contributed by atoms with E-state index in [0.717, 1.165) is 6.42 Å². The summed E-state index contributed by atoms with van der Waals surface area (Å²) < 4.78 is 0. The smallest absolute Gasteiger partial charge is 0.315 e. The molecule has 0 radical (unpaired) electrons. The number of phenols is 2. The molecule has 0 amide bonds. The van der Waals surface area contributed by atoms with Crippen LogP contribution in [-0.4, -0.2) is 26.7 Å². The van der Waals surface area contributed by atoms with Gasteiger partial charge in [0.2, 0.25) is 5.75 Å². The highest BCUT2D eigenvalue weighted by atomic mass is 79.9. The van der Waals surface area contributed by atoms with Crippen LogP contribution in [0.15, 0.2) is 47.8 Å². The Morgan fingerprint density at radius 1 is 1.19 bits per heavy atom. The summed E-state index contributed by atoms with van der Waals surface area (Å²) in [5.74, 6) is -1.29. The number of aromatic hydroxyl groups is 2. The molecule has 0 bridgehead atoms. The molecule has 136 valence electrons. The lowest BCUT2D eigenvalue weighted by Gasteiger charge is -2.03. The minimum absolute atomic E-state index is 0. The Labute approximate surface area is 163 Å². The number of anilines is 1. The molecule has 9 heteroatoms. The number of nitro groups is 1. The molecule has 3 aromatic rings. The molecule has 2 aromatic carbocycles. The number of hydrogen-bond donors (Lipinski definition) is 3. The van der Waals surface area contributed by atoms with E-state index in [-0.39, 0.29) is 17.0 Å². The first-order chi connectivity index (χ1) is 12.0. The first kappa shape index (κ1) is 19.7. The average molecular weight is 438 g/mol. The number of aromatic nitrogens is 1. The molecule has 0 atom stereocenters. The van der Waals surface area contributed by atoms with Gasteiger partial charge in [0.25, 0.3) is 0 Å². The molecule has 0 saturated carbocycles. The zero-order valence-corrected chi connectivity index (χ0v) is 16.0. The number of thiazole rings is 1. The van der Waals surface area contributed by atoms with Crippen LogP contribution in [0.2, 0.25) is 0 Å². The average Bonchev–Trinajstić information content (AvgIpc) is 3.07. The standard InChI is InChI=1S/C17H15N3O4S.BrH/c21-15-9-12(8-14(16(15)22)20(23)24)13-10-25-17(19-13)18-7-6-11-4-2-1-3-5-11;/h1-5,8-10,21-22H,6-7H2,(H,18,19);1H. The Morgan fingerprint density at radius 3 is 2.62 bits per heavy atom. The van der Waals surface area contributed by atoms with Crippen LogP contribution in [0.25, 0.3) is 11.3 Å². The maximum atomic E-state index is 10.9. The van der Waals surface area contributed by atoms with E-state index >= 15 is 0 Å². The molecule has 3 N–H and O–H groups in total. The highest BCUT2D eigenvalue weighted by Gasteiger charge is 2.20. The van der Waals surface area contributed by atoms with Gasteiger partial charge in [-0.3, -0.25) is 10.1 Å². The maximum Gasteiger partial charge on any atom is 0.315 e. The number of nitrogens with zero attached hydrogens (tertiary/aromatic N) is 2. The van der Waals surface area contributed by atoms with Crippen LogP contribution in [-0.2, 0) is 6.42 Å². The zero-order chi connectivity index (χ0) is 17.8. The maximum absolute atomic E-state index is 10.9. The third-order valence-corrected chi connectivity index (χ3v) is 4.40.